The van der Waals surface area contributed by atoms with Gasteiger partial charge in [-0.25, -0.2) is 9.18 Å². The van der Waals surface area contributed by atoms with Crippen LogP contribution in [-0.2, 0) is 23.0 Å². The first-order valence-corrected chi connectivity index (χ1v) is 8.88. The van der Waals surface area contributed by atoms with Crippen LogP contribution >= 0.6 is 11.3 Å². The van der Waals surface area contributed by atoms with Gasteiger partial charge in [0.15, 0.2) is 4.80 Å². The standard InChI is InChI=1S/C19H17FN2O3S/c1-3-25-18(24)13-6-9-15-16(11-13)26-19(22(15)2)21-17(23)10-12-4-7-14(20)8-5-12/h4-9,11H,3,10H2,1-2H3. The summed E-state index contributed by atoms with van der Waals surface area (Å²) >= 11 is 1.32. The number of benzene rings is 2. The number of hydrogen-bond acceptors (Lipinski definition) is 4. The lowest BCUT2D eigenvalue weighted by molar-refractivity contribution is -0.117. The maximum atomic E-state index is 12.9. The molecule has 3 rings (SSSR count). The lowest BCUT2D eigenvalue weighted by Crippen LogP contribution is -2.14. The van der Waals surface area contributed by atoms with E-state index in [2.05, 4.69) is 4.99 Å². The third-order valence-electron chi connectivity index (χ3n) is 3.81. The molecular formula is C19H17FN2O3S. The summed E-state index contributed by atoms with van der Waals surface area (Å²) in [5.41, 5.74) is 2.04. The number of nitrogens with zero attached hydrogens (tertiary/aromatic N) is 2. The molecular weight excluding hydrogens is 355 g/mol. The molecule has 0 unspecified atom stereocenters. The highest BCUT2D eigenvalue weighted by Crippen LogP contribution is 2.19. The second kappa shape index (κ2) is 7.61. The highest BCUT2D eigenvalue weighted by atomic mass is 32.1. The fourth-order valence-electron chi connectivity index (χ4n) is 2.51. The summed E-state index contributed by atoms with van der Waals surface area (Å²) < 4.78 is 20.6. The molecule has 7 heteroatoms. The second-order valence-corrected chi connectivity index (χ2v) is 6.66. The van der Waals surface area contributed by atoms with E-state index in [0.29, 0.717) is 22.5 Å². The quantitative estimate of drug-likeness (QED) is 0.661. The van der Waals surface area contributed by atoms with Crippen LogP contribution in [0.1, 0.15) is 22.8 Å². The van der Waals surface area contributed by atoms with Gasteiger partial charge in [0, 0.05) is 7.05 Å². The van der Waals surface area contributed by atoms with Gasteiger partial charge in [-0.15, -0.1) is 0 Å². The van der Waals surface area contributed by atoms with Gasteiger partial charge in [-0.3, -0.25) is 4.79 Å². The van der Waals surface area contributed by atoms with Crippen LogP contribution in [0.15, 0.2) is 47.5 Å². The number of aryl methyl sites for hydroxylation is 1. The molecule has 5 nitrogen and oxygen atoms in total. The number of hydrogen-bond donors (Lipinski definition) is 0. The Morgan fingerprint density at radius 1 is 1.19 bits per heavy atom. The molecule has 0 fully saturated rings. The van der Waals surface area contributed by atoms with Crippen molar-refractivity contribution in [3.63, 3.8) is 0 Å². The summed E-state index contributed by atoms with van der Waals surface area (Å²) in [7, 11) is 1.81. The van der Waals surface area contributed by atoms with Crippen LogP contribution in [0.25, 0.3) is 10.2 Å². The average Bonchev–Trinajstić information content (AvgIpc) is 2.92. The van der Waals surface area contributed by atoms with E-state index in [1.807, 2.05) is 13.1 Å². The Balaban J connectivity index is 1.90. The maximum absolute atomic E-state index is 12.9. The minimum absolute atomic E-state index is 0.0998. The van der Waals surface area contributed by atoms with E-state index in [1.165, 1.54) is 23.5 Å². The number of rotatable bonds is 4. The zero-order chi connectivity index (χ0) is 18.7. The fraction of sp³-hybridized carbons (Fsp3) is 0.211. The summed E-state index contributed by atoms with van der Waals surface area (Å²) in [6.45, 7) is 2.07. The fourth-order valence-corrected chi connectivity index (χ4v) is 3.58. The molecule has 0 aliphatic rings. The zero-order valence-electron chi connectivity index (χ0n) is 14.4. The van der Waals surface area contributed by atoms with Crippen LogP contribution in [-0.4, -0.2) is 23.1 Å². The van der Waals surface area contributed by atoms with E-state index < -0.39 is 0 Å². The van der Waals surface area contributed by atoms with Crippen LogP contribution in [0.4, 0.5) is 4.39 Å². The molecule has 1 amide bonds. The van der Waals surface area contributed by atoms with Crippen molar-refractivity contribution in [2.45, 2.75) is 13.3 Å². The van der Waals surface area contributed by atoms with Gasteiger partial charge in [-0.1, -0.05) is 23.5 Å². The topological polar surface area (TPSA) is 60.7 Å². The molecule has 0 atom stereocenters. The molecule has 134 valence electrons. The Kier molecular flexibility index (Phi) is 5.27. The highest BCUT2D eigenvalue weighted by molar-refractivity contribution is 7.16. The van der Waals surface area contributed by atoms with Crippen LogP contribution in [0.5, 0.6) is 0 Å². The Bertz CT molecular complexity index is 1040. The molecule has 0 saturated carbocycles. The first-order chi connectivity index (χ1) is 12.5. The molecule has 3 aromatic rings. The number of amides is 1. The first kappa shape index (κ1) is 18.0. The number of ether oxygens (including phenoxy) is 1. The van der Waals surface area contributed by atoms with Gasteiger partial charge in [0.2, 0.25) is 0 Å². The van der Waals surface area contributed by atoms with Gasteiger partial charge in [0.05, 0.1) is 28.8 Å². The predicted molar refractivity (Wildman–Crippen MR) is 97.4 cm³/mol. The summed E-state index contributed by atoms with van der Waals surface area (Å²) in [6, 6.07) is 11.0. The van der Waals surface area contributed by atoms with Crippen molar-refractivity contribution in [3.8, 4) is 0 Å². The number of halogens is 1. The van der Waals surface area contributed by atoms with E-state index in [-0.39, 0.29) is 24.1 Å². The number of aromatic nitrogens is 1. The zero-order valence-corrected chi connectivity index (χ0v) is 15.2. The Morgan fingerprint density at radius 3 is 2.62 bits per heavy atom. The molecule has 0 radical (unpaired) electrons. The number of esters is 1. The molecule has 0 N–H and O–H groups in total. The Hall–Kier alpha value is -2.80. The number of carbonyl (C=O) groups is 2. The van der Waals surface area contributed by atoms with Crippen molar-refractivity contribution in [2.24, 2.45) is 12.0 Å². The molecule has 0 saturated heterocycles. The number of thiazole rings is 1. The SMILES string of the molecule is CCOC(=O)c1ccc2c(c1)sc(=NC(=O)Cc1ccc(F)cc1)n2C. The smallest absolute Gasteiger partial charge is 0.338 e. The van der Waals surface area contributed by atoms with E-state index in [9.17, 15) is 14.0 Å². The predicted octanol–water partition coefficient (Wildman–Crippen LogP) is 3.23. The van der Waals surface area contributed by atoms with Gasteiger partial charge >= 0.3 is 5.97 Å². The summed E-state index contributed by atoms with van der Waals surface area (Å²) in [5, 5.41) is 0. The third kappa shape index (κ3) is 3.88. The van der Waals surface area contributed by atoms with Gasteiger partial charge in [0.1, 0.15) is 5.82 Å². The molecule has 0 bridgehead atoms. The van der Waals surface area contributed by atoms with E-state index in [1.54, 1.807) is 35.8 Å². The molecule has 1 aromatic heterocycles. The van der Waals surface area contributed by atoms with Crippen molar-refractivity contribution in [1.82, 2.24) is 4.57 Å². The van der Waals surface area contributed by atoms with Crippen molar-refractivity contribution >= 4 is 33.4 Å². The maximum Gasteiger partial charge on any atom is 0.338 e. The lowest BCUT2D eigenvalue weighted by atomic mass is 10.1. The normalized spacial score (nSPS) is 11.7. The molecule has 0 spiro atoms. The monoisotopic (exact) mass is 372 g/mol. The first-order valence-electron chi connectivity index (χ1n) is 8.06. The summed E-state index contributed by atoms with van der Waals surface area (Å²) in [5.74, 6) is -1.04. The average molecular weight is 372 g/mol. The minimum atomic E-state index is -0.378. The van der Waals surface area contributed by atoms with Crippen LogP contribution in [0.3, 0.4) is 0 Å². The van der Waals surface area contributed by atoms with Crippen LogP contribution < -0.4 is 4.80 Å². The van der Waals surface area contributed by atoms with Crippen molar-refractivity contribution in [1.29, 1.82) is 0 Å². The summed E-state index contributed by atoms with van der Waals surface area (Å²) in [6.07, 6.45) is 0.0998. The Labute approximate surface area is 153 Å². The molecule has 1 heterocycles. The van der Waals surface area contributed by atoms with Gasteiger partial charge < -0.3 is 9.30 Å². The van der Waals surface area contributed by atoms with Gasteiger partial charge in [-0.2, -0.15) is 4.99 Å². The van der Waals surface area contributed by atoms with Crippen molar-refractivity contribution in [3.05, 3.63) is 64.2 Å². The van der Waals surface area contributed by atoms with E-state index in [0.717, 1.165) is 10.2 Å². The van der Waals surface area contributed by atoms with E-state index >= 15 is 0 Å². The van der Waals surface area contributed by atoms with Gasteiger partial charge in [0.25, 0.3) is 5.91 Å². The van der Waals surface area contributed by atoms with Crippen LogP contribution in [0, 0.1) is 5.82 Å². The van der Waals surface area contributed by atoms with E-state index in [4.69, 9.17) is 4.74 Å². The molecule has 0 aliphatic carbocycles. The Morgan fingerprint density at radius 2 is 1.92 bits per heavy atom. The largest absolute Gasteiger partial charge is 0.462 e. The highest BCUT2D eigenvalue weighted by Gasteiger charge is 2.11. The molecule has 26 heavy (non-hydrogen) atoms. The number of carbonyl (C=O) groups excluding carboxylic acids is 2. The molecule has 0 aliphatic heterocycles. The second-order valence-electron chi connectivity index (χ2n) is 5.66. The van der Waals surface area contributed by atoms with Crippen LogP contribution in [0.2, 0.25) is 0 Å². The van der Waals surface area contributed by atoms with Gasteiger partial charge in [-0.05, 0) is 42.8 Å². The third-order valence-corrected chi connectivity index (χ3v) is 4.90. The summed E-state index contributed by atoms with van der Waals surface area (Å²) in [4.78, 5) is 28.8. The lowest BCUT2D eigenvalue weighted by Gasteiger charge is -2.01. The minimum Gasteiger partial charge on any atom is -0.462 e. The number of fused-ring (bicyclic) bond motifs is 1. The van der Waals surface area contributed by atoms with Crippen molar-refractivity contribution in [2.75, 3.05) is 6.61 Å². The van der Waals surface area contributed by atoms with Crippen molar-refractivity contribution < 1.29 is 18.7 Å². The molecule has 2 aromatic carbocycles.